The maximum Gasteiger partial charge on any atom is 0.253 e. The van der Waals surface area contributed by atoms with E-state index >= 15 is 0 Å². The van der Waals surface area contributed by atoms with Crippen LogP contribution in [0.15, 0.2) is 42.7 Å². The molecule has 1 aromatic carbocycles. The number of benzene rings is 1. The lowest BCUT2D eigenvalue weighted by Gasteiger charge is -2.32. The lowest BCUT2D eigenvalue weighted by molar-refractivity contribution is -0.116. The van der Waals surface area contributed by atoms with E-state index in [-0.39, 0.29) is 11.8 Å². The van der Waals surface area contributed by atoms with Gasteiger partial charge in [0.1, 0.15) is 5.65 Å². The molecule has 1 saturated heterocycles. The third kappa shape index (κ3) is 3.30. The molecule has 1 N–H and O–H groups in total. The summed E-state index contributed by atoms with van der Waals surface area (Å²) in [5, 5.41) is 4.16. The first-order valence-electron chi connectivity index (χ1n) is 11.3. The normalized spacial score (nSPS) is 19.4. The Morgan fingerprint density at radius 1 is 1.06 bits per heavy atom. The zero-order chi connectivity index (χ0) is 20.9. The van der Waals surface area contributed by atoms with Crippen LogP contribution >= 0.6 is 0 Å². The second-order valence-corrected chi connectivity index (χ2v) is 9.08. The van der Waals surface area contributed by atoms with Gasteiger partial charge in [-0.15, -0.1) is 0 Å². The molecule has 1 saturated carbocycles. The number of nitrogens with zero attached hydrogens (tertiary/aromatic N) is 3. The second kappa shape index (κ2) is 7.22. The molecular weight excluding hydrogens is 388 g/mol. The van der Waals surface area contributed by atoms with Gasteiger partial charge in [-0.1, -0.05) is 0 Å². The highest BCUT2D eigenvalue weighted by molar-refractivity contribution is 5.98. The van der Waals surface area contributed by atoms with Crippen LogP contribution in [0.4, 0.5) is 5.69 Å². The molecule has 3 aromatic rings. The van der Waals surface area contributed by atoms with Gasteiger partial charge in [0.15, 0.2) is 0 Å². The van der Waals surface area contributed by atoms with Crippen molar-refractivity contribution < 1.29 is 9.59 Å². The summed E-state index contributed by atoms with van der Waals surface area (Å²) in [5.74, 6) is 0.613. The Kier molecular flexibility index (Phi) is 4.33. The van der Waals surface area contributed by atoms with Crippen LogP contribution in [0.1, 0.15) is 65.5 Å². The van der Waals surface area contributed by atoms with Crippen molar-refractivity contribution in [2.45, 2.75) is 50.5 Å². The molecule has 2 fully saturated rings. The van der Waals surface area contributed by atoms with Crippen LogP contribution in [0.25, 0.3) is 11.0 Å². The molecule has 2 aliphatic heterocycles. The number of amides is 2. The van der Waals surface area contributed by atoms with E-state index in [1.54, 1.807) is 0 Å². The average molecular weight is 415 g/mol. The van der Waals surface area contributed by atoms with E-state index < -0.39 is 0 Å². The number of aryl methyl sites for hydroxylation is 1. The summed E-state index contributed by atoms with van der Waals surface area (Å²) in [6.07, 6.45) is 9.85. The van der Waals surface area contributed by atoms with Crippen molar-refractivity contribution in [3.8, 4) is 0 Å². The van der Waals surface area contributed by atoms with Crippen molar-refractivity contribution in [3.63, 3.8) is 0 Å². The van der Waals surface area contributed by atoms with Crippen LogP contribution in [0.3, 0.4) is 0 Å². The minimum Gasteiger partial charge on any atom is -0.339 e. The van der Waals surface area contributed by atoms with Gasteiger partial charge in [-0.05, 0) is 79.5 Å². The lowest BCUT2D eigenvalue weighted by Crippen LogP contribution is -2.38. The standard InChI is InChI=1S/C25H26N4O2/c30-23-8-4-17-14-18(3-7-22(17)27-23)25(31)28-12-9-16(10-13-28)21-15-29(19-5-6-19)24-20(21)2-1-11-26-24/h1-3,7,11,14-16,19H,4-6,8-10,12-13H2,(H,27,30). The molecular formula is C25H26N4O2. The molecule has 3 aliphatic rings. The summed E-state index contributed by atoms with van der Waals surface area (Å²) in [4.78, 5) is 31.3. The fraction of sp³-hybridized carbons (Fsp3) is 0.400. The Morgan fingerprint density at radius 3 is 2.71 bits per heavy atom. The van der Waals surface area contributed by atoms with E-state index in [0.717, 1.165) is 48.4 Å². The van der Waals surface area contributed by atoms with Crippen molar-refractivity contribution in [1.29, 1.82) is 0 Å². The Balaban J connectivity index is 1.18. The van der Waals surface area contributed by atoms with Gasteiger partial charge in [0.05, 0.1) is 0 Å². The summed E-state index contributed by atoms with van der Waals surface area (Å²) in [6.45, 7) is 1.54. The molecule has 0 unspecified atom stereocenters. The number of rotatable bonds is 3. The van der Waals surface area contributed by atoms with Crippen molar-refractivity contribution >= 4 is 28.5 Å². The number of likely N-dealkylation sites (tertiary alicyclic amines) is 1. The summed E-state index contributed by atoms with van der Waals surface area (Å²) in [6, 6.07) is 10.5. The van der Waals surface area contributed by atoms with E-state index in [0.29, 0.717) is 24.8 Å². The smallest absolute Gasteiger partial charge is 0.253 e. The van der Waals surface area contributed by atoms with Gasteiger partial charge in [0.25, 0.3) is 5.91 Å². The monoisotopic (exact) mass is 414 g/mol. The number of carbonyl (C=O) groups excluding carboxylic acids is 2. The van der Waals surface area contributed by atoms with Crippen LogP contribution in [0, 0.1) is 0 Å². The Labute approximate surface area is 181 Å². The van der Waals surface area contributed by atoms with Gasteiger partial charge in [-0.25, -0.2) is 4.98 Å². The topological polar surface area (TPSA) is 67.2 Å². The van der Waals surface area contributed by atoms with E-state index in [4.69, 9.17) is 0 Å². The van der Waals surface area contributed by atoms with Gasteiger partial charge in [0, 0.05) is 54.6 Å². The number of hydrogen-bond donors (Lipinski definition) is 1. The highest BCUT2D eigenvalue weighted by Crippen LogP contribution is 2.41. The first-order valence-corrected chi connectivity index (χ1v) is 11.3. The fourth-order valence-corrected chi connectivity index (χ4v) is 5.16. The molecule has 6 rings (SSSR count). The molecule has 2 aromatic heterocycles. The van der Waals surface area contributed by atoms with Gasteiger partial charge < -0.3 is 14.8 Å². The van der Waals surface area contributed by atoms with E-state index in [1.807, 2.05) is 35.4 Å². The average Bonchev–Trinajstić information content (AvgIpc) is 3.58. The first kappa shape index (κ1) is 18.6. The van der Waals surface area contributed by atoms with Gasteiger partial charge in [-0.2, -0.15) is 0 Å². The first-order chi connectivity index (χ1) is 15.2. The van der Waals surface area contributed by atoms with Crippen LogP contribution in [0.2, 0.25) is 0 Å². The summed E-state index contributed by atoms with van der Waals surface area (Å²) < 4.78 is 2.37. The zero-order valence-electron chi connectivity index (χ0n) is 17.5. The molecule has 4 heterocycles. The molecule has 0 spiro atoms. The Morgan fingerprint density at radius 2 is 1.90 bits per heavy atom. The van der Waals surface area contributed by atoms with E-state index in [2.05, 4.69) is 27.1 Å². The molecule has 2 amide bonds. The van der Waals surface area contributed by atoms with Crippen molar-refractivity contribution in [3.05, 3.63) is 59.4 Å². The fourth-order valence-electron chi connectivity index (χ4n) is 5.16. The number of fused-ring (bicyclic) bond motifs is 2. The predicted molar refractivity (Wildman–Crippen MR) is 119 cm³/mol. The molecule has 158 valence electrons. The van der Waals surface area contributed by atoms with Gasteiger partial charge in [-0.3, -0.25) is 9.59 Å². The molecule has 31 heavy (non-hydrogen) atoms. The maximum atomic E-state index is 13.1. The van der Waals surface area contributed by atoms with Crippen LogP contribution in [-0.4, -0.2) is 39.4 Å². The molecule has 0 atom stereocenters. The minimum absolute atomic E-state index is 0.0480. The molecule has 6 heteroatoms. The number of pyridine rings is 1. The van der Waals surface area contributed by atoms with Gasteiger partial charge in [0.2, 0.25) is 5.91 Å². The number of piperidine rings is 1. The summed E-state index contributed by atoms with van der Waals surface area (Å²) >= 11 is 0. The van der Waals surface area contributed by atoms with Crippen molar-refractivity contribution in [2.75, 3.05) is 18.4 Å². The summed E-state index contributed by atoms with van der Waals surface area (Å²) in [5.41, 5.74) is 5.13. The SMILES string of the molecule is O=C1CCc2cc(C(=O)N3CCC(c4cn(C5CC5)c5ncccc45)CC3)ccc2N1. The number of aromatic nitrogens is 2. The van der Waals surface area contributed by atoms with Crippen LogP contribution in [0.5, 0.6) is 0 Å². The minimum atomic E-state index is 0.0480. The number of nitrogens with one attached hydrogen (secondary N) is 1. The Bertz CT molecular complexity index is 1190. The van der Waals surface area contributed by atoms with E-state index in [1.165, 1.54) is 23.8 Å². The molecule has 1 aliphatic carbocycles. The van der Waals surface area contributed by atoms with Crippen LogP contribution < -0.4 is 5.32 Å². The molecule has 0 radical (unpaired) electrons. The third-order valence-corrected chi connectivity index (χ3v) is 7.03. The Hall–Kier alpha value is -3.15. The predicted octanol–water partition coefficient (Wildman–Crippen LogP) is 4.28. The van der Waals surface area contributed by atoms with Crippen molar-refractivity contribution in [1.82, 2.24) is 14.5 Å². The second-order valence-electron chi connectivity index (χ2n) is 9.08. The highest BCUT2D eigenvalue weighted by Gasteiger charge is 2.30. The lowest BCUT2D eigenvalue weighted by atomic mass is 9.89. The quantitative estimate of drug-likeness (QED) is 0.696. The largest absolute Gasteiger partial charge is 0.339 e. The number of anilines is 1. The maximum absolute atomic E-state index is 13.1. The van der Waals surface area contributed by atoms with E-state index in [9.17, 15) is 9.59 Å². The number of carbonyl (C=O) groups is 2. The van der Waals surface area contributed by atoms with Gasteiger partial charge >= 0.3 is 0 Å². The highest BCUT2D eigenvalue weighted by atomic mass is 16.2. The zero-order valence-corrected chi connectivity index (χ0v) is 17.5. The third-order valence-electron chi connectivity index (χ3n) is 7.03. The van der Waals surface area contributed by atoms with Crippen LogP contribution in [-0.2, 0) is 11.2 Å². The molecule has 0 bridgehead atoms. The number of hydrogen-bond acceptors (Lipinski definition) is 3. The summed E-state index contributed by atoms with van der Waals surface area (Å²) in [7, 11) is 0. The van der Waals surface area contributed by atoms with Crippen molar-refractivity contribution in [2.24, 2.45) is 0 Å². The molecule has 6 nitrogen and oxygen atoms in total.